The van der Waals surface area contributed by atoms with Gasteiger partial charge in [0.05, 0.1) is 6.04 Å². The van der Waals surface area contributed by atoms with Gasteiger partial charge in [0.25, 0.3) is 5.91 Å². The lowest BCUT2D eigenvalue weighted by atomic mass is 9.85. The molecule has 5 heteroatoms. The second-order valence-corrected chi connectivity index (χ2v) is 9.96. The molecule has 0 fully saturated rings. The quantitative estimate of drug-likeness (QED) is 0.517. The second kappa shape index (κ2) is 8.12. The fourth-order valence-electron chi connectivity index (χ4n) is 4.71. The number of phenols is 1. The van der Waals surface area contributed by atoms with Crippen molar-refractivity contribution in [1.29, 1.82) is 0 Å². The molecule has 1 aliphatic heterocycles. The molecule has 2 aromatic carbocycles. The predicted octanol–water partition coefficient (Wildman–Crippen LogP) is 6.04. The Kier molecular flexibility index (Phi) is 5.61. The van der Waals surface area contributed by atoms with Crippen molar-refractivity contribution in [2.24, 2.45) is 0 Å². The molecular formula is C27H33N3O2. The number of aromatic amines is 1. The van der Waals surface area contributed by atoms with Gasteiger partial charge in [0, 0.05) is 17.7 Å². The lowest BCUT2D eigenvalue weighted by Gasteiger charge is -2.27. The van der Waals surface area contributed by atoms with Crippen LogP contribution in [0.3, 0.4) is 0 Å². The fraction of sp³-hybridized carbons (Fsp3) is 0.407. The summed E-state index contributed by atoms with van der Waals surface area (Å²) in [6.45, 7) is 13.3. The van der Waals surface area contributed by atoms with E-state index in [0.717, 1.165) is 35.1 Å². The summed E-state index contributed by atoms with van der Waals surface area (Å²) in [5.41, 5.74) is 7.05. The van der Waals surface area contributed by atoms with E-state index < -0.39 is 0 Å². The number of aromatic nitrogens is 2. The van der Waals surface area contributed by atoms with Crippen LogP contribution < -0.4 is 0 Å². The van der Waals surface area contributed by atoms with Crippen LogP contribution in [-0.4, -0.2) is 32.7 Å². The standard InChI is InChI=1S/C27H33N3O2/c1-7-8-13-30-25(18-9-11-19(12-10-18)27(4,5)6)22-23(28-29-24(22)26(30)32)21-17(3)14-16(2)15-20(21)31/h9-12,14-15,25,31H,7-8,13H2,1-6H3,(H,28,29). The van der Waals surface area contributed by atoms with Crippen LogP contribution in [0.4, 0.5) is 0 Å². The van der Waals surface area contributed by atoms with Gasteiger partial charge < -0.3 is 10.0 Å². The highest BCUT2D eigenvalue weighted by Crippen LogP contribution is 2.45. The number of benzene rings is 2. The normalized spacial score (nSPS) is 16.0. The van der Waals surface area contributed by atoms with Crippen LogP contribution in [0.1, 0.15) is 84.9 Å². The second-order valence-electron chi connectivity index (χ2n) is 9.96. The number of amides is 1. The van der Waals surface area contributed by atoms with Gasteiger partial charge in [-0.25, -0.2) is 0 Å². The summed E-state index contributed by atoms with van der Waals surface area (Å²) >= 11 is 0. The predicted molar refractivity (Wildman–Crippen MR) is 128 cm³/mol. The topological polar surface area (TPSA) is 69.2 Å². The number of aromatic hydroxyl groups is 1. The lowest BCUT2D eigenvalue weighted by molar-refractivity contribution is 0.0741. The number of unbranched alkanes of at least 4 members (excludes halogenated alkanes) is 1. The molecule has 0 spiro atoms. The maximum atomic E-state index is 13.4. The Hall–Kier alpha value is -3.08. The minimum Gasteiger partial charge on any atom is -0.507 e. The van der Waals surface area contributed by atoms with Crippen LogP contribution in [0, 0.1) is 13.8 Å². The van der Waals surface area contributed by atoms with E-state index in [1.807, 2.05) is 24.8 Å². The van der Waals surface area contributed by atoms with E-state index >= 15 is 0 Å². The average molecular weight is 432 g/mol. The first-order valence-electron chi connectivity index (χ1n) is 11.4. The van der Waals surface area contributed by atoms with Gasteiger partial charge in [0.15, 0.2) is 0 Å². The number of carbonyl (C=O) groups excluding carboxylic acids is 1. The smallest absolute Gasteiger partial charge is 0.273 e. The first kappa shape index (κ1) is 22.1. The highest BCUT2D eigenvalue weighted by molar-refractivity contribution is 6.00. The summed E-state index contributed by atoms with van der Waals surface area (Å²) in [4.78, 5) is 15.3. The molecule has 5 nitrogen and oxygen atoms in total. The van der Waals surface area contributed by atoms with Gasteiger partial charge in [-0.1, -0.05) is 64.4 Å². The van der Waals surface area contributed by atoms with Gasteiger partial charge >= 0.3 is 0 Å². The monoisotopic (exact) mass is 431 g/mol. The van der Waals surface area contributed by atoms with E-state index in [9.17, 15) is 9.90 Å². The number of fused-ring (bicyclic) bond motifs is 1. The van der Waals surface area contributed by atoms with Crippen LogP contribution in [0.15, 0.2) is 36.4 Å². The van der Waals surface area contributed by atoms with E-state index in [2.05, 4.69) is 62.2 Å². The third-order valence-electron chi connectivity index (χ3n) is 6.40. The highest BCUT2D eigenvalue weighted by atomic mass is 16.3. The number of hydrogen-bond donors (Lipinski definition) is 2. The Morgan fingerprint density at radius 3 is 2.41 bits per heavy atom. The van der Waals surface area contributed by atoms with Crippen LogP contribution in [-0.2, 0) is 5.41 Å². The van der Waals surface area contributed by atoms with Crippen molar-refractivity contribution in [2.75, 3.05) is 6.54 Å². The first-order chi connectivity index (χ1) is 15.1. The van der Waals surface area contributed by atoms with E-state index in [-0.39, 0.29) is 23.1 Å². The van der Waals surface area contributed by atoms with Gasteiger partial charge in [-0.2, -0.15) is 5.10 Å². The number of H-pyrrole nitrogens is 1. The number of hydrogen-bond acceptors (Lipinski definition) is 3. The van der Waals surface area contributed by atoms with Crippen molar-refractivity contribution in [3.05, 3.63) is 69.9 Å². The zero-order valence-corrected chi connectivity index (χ0v) is 19.9. The maximum absolute atomic E-state index is 13.4. The molecule has 3 aromatic rings. The van der Waals surface area contributed by atoms with Crippen molar-refractivity contribution in [2.45, 2.75) is 65.8 Å². The first-order valence-corrected chi connectivity index (χ1v) is 11.4. The number of rotatable bonds is 5. The maximum Gasteiger partial charge on any atom is 0.273 e. The molecule has 32 heavy (non-hydrogen) atoms. The third kappa shape index (κ3) is 3.70. The zero-order valence-electron chi connectivity index (χ0n) is 19.9. The molecule has 1 unspecified atom stereocenters. The molecule has 0 radical (unpaired) electrons. The third-order valence-corrected chi connectivity index (χ3v) is 6.40. The molecule has 0 saturated carbocycles. The molecule has 1 atom stereocenters. The van der Waals surface area contributed by atoms with Gasteiger partial charge in [0.1, 0.15) is 17.1 Å². The summed E-state index contributed by atoms with van der Waals surface area (Å²) in [7, 11) is 0. The van der Waals surface area contributed by atoms with E-state index in [1.165, 1.54) is 5.56 Å². The molecule has 168 valence electrons. The summed E-state index contributed by atoms with van der Waals surface area (Å²) in [5.74, 6) is 0.166. The van der Waals surface area contributed by atoms with E-state index in [4.69, 9.17) is 0 Å². The Labute approximate surface area is 190 Å². The van der Waals surface area contributed by atoms with Crippen molar-refractivity contribution in [3.63, 3.8) is 0 Å². The number of nitrogens with one attached hydrogen (secondary N) is 1. The van der Waals surface area contributed by atoms with Crippen molar-refractivity contribution in [3.8, 4) is 17.0 Å². The Bertz CT molecular complexity index is 1130. The molecule has 4 rings (SSSR count). The highest BCUT2D eigenvalue weighted by Gasteiger charge is 2.42. The molecule has 2 N–H and O–H groups in total. The molecular weight excluding hydrogens is 398 g/mol. The Morgan fingerprint density at radius 2 is 1.81 bits per heavy atom. The fourth-order valence-corrected chi connectivity index (χ4v) is 4.71. The molecule has 0 saturated heterocycles. The van der Waals surface area contributed by atoms with E-state index in [1.54, 1.807) is 6.07 Å². The number of nitrogens with zero attached hydrogens (tertiary/aromatic N) is 2. The molecule has 1 amide bonds. The van der Waals surface area contributed by atoms with Crippen molar-refractivity contribution < 1.29 is 9.90 Å². The summed E-state index contributed by atoms with van der Waals surface area (Å²) in [6.07, 6.45) is 1.94. The minimum atomic E-state index is -0.230. The number of carbonyl (C=O) groups is 1. The number of phenolic OH excluding ortho intramolecular Hbond substituents is 1. The van der Waals surface area contributed by atoms with Crippen LogP contribution in [0.25, 0.3) is 11.3 Å². The average Bonchev–Trinajstić information content (AvgIpc) is 3.24. The van der Waals surface area contributed by atoms with Crippen LogP contribution in [0.5, 0.6) is 5.75 Å². The van der Waals surface area contributed by atoms with Crippen LogP contribution in [0.2, 0.25) is 0 Å². The van der Waals surface area contributed by atoms with Gasteiger partial charge in [-0.15, -0.1) is 0 Å². The SMILES string of the molecule is CCCCN1C(=O)c2[nH]nc(-c3c(C)cc(C)cc3O)c2C1c1ccc(C(C)(C)C)cc1. The van der Waals surface area contributed by atoms with E-state index in [0.29, 0.717) is 23.5 Å². The summed E-state index contributed by atoms with van der Waals surface area (Å²) < 4.78 is 0. The van der Waals surface area contributed by atoms with Crippen molar-refractivity contribution in [1.82, 2.24) is 15.1 Å². The Balaban J connectivity index is 1.88. The van der Waals surface area contributed by atoms with Crippen LogP contribution >= 0.6 is 0 Å². The summed E-state index contributed by atoms with van der Waals surface area (Å²) in [5, 5.41) is 18.3. The van der Waals surface area contributed by atoms with Gasteiger partial charge in [-0.05, 0) is 54.0 Å². The lowest BCUT2D eigenvalue weighted by Crippen LogP contribution is -2.30. The number of aryl methyl sites for hydroxylation is 2. The molecule has 0 aliphatic carbocycles. The van der Waals surface area contributed by atoms with Gasteiger partial charge in [-0.3, -0.25) is 9.89 Å². The molecule has 1 aromatic heterocycles. The largest absolute Gasteiger partial charge is 0.507 e. The molecule has 0 bridgehead atoms. The molecule has 1 aliphatic rings. The minimum absolute atomic E-state index is 0.0265. The van der Waals surface area contributed by atoms with Gasteiger partial charge in [0.2, 0.25) is 0 Å². The van der Waals surface area contributed by atoms with Crippen molar-refractivity contribution >= 4 is 5.91 Å². The molecule has 2 heterocycles. The summed E-state index contributed by atoms with van der Waals surface area (Å²) in [6, 6.07) is 12.1. The Morgan fingerprint density at radius 1 is 1.12 bits per heavy atom. The zero-order chi connectivity index (χ0) is 23.2.